The Morgan fingerprint density at radius 2 is 1.85 bits per heavy atom. The molecule has 5 rings (SSSR count). The highest BCUT2D eigenvalue weighted by Crippen LogP contribution is 2.39. The quantitative estimate of drug-likeness (QED) is 0.778. The number of hydrogen-bond acceptors (Lipinski definition) is 5. The molecular weight excluding hydrogens is 338 g/mol. The summed E-state index contributed by atoms with van der Waals surface area (Å²) in [6, 6.07) is 13.5. The van der Waals surface area contributed by atoms with E-state index in [0.717, 1.165) is 37.0 Å². The Morgan fingerprint density at radius 1 is 1.04 bits per heavy atom. The van der Waals surface area contributed by atoms with Crippen LogP contribution in [0.2, 0.25) is 0 Å². The van der Waals surface area contributed by atoms with Gasteiger partial charge in [0.15, 0.2) is 0 Å². The Labute approximate surface area is 157 Å². The highest BCUT2D eigenvalue weighted by Gasteiger charge is 2.41. The second kappa shape index (κ2) is 6.61. The van der Waals surface area contributed by atoms with E-state index >= 15 is 0 Å². The minimum absolute atomic E-state index is 0.134. The second-order valence-electron chi connectivity index (χ2n) is 7.39. The number of amides is 1. The van der Waals surface area contributed by atoms with Gasteiger partial charge in [-0.1, -0.05) is 18.2 Å². The van der Waals surface area contributed by atoms with Crippen LogP contribution in [0, 0.1) is 0 Å². The molecule has 27 heavy (non-hydrogen) atoms. The molecule has 6 nitrogen and oxygen atoms in total. The maximum atomic E-state index is 12.4. The molecule has 0 radical (unpaired) electrons. The first-order valence-electron chi connectivity index (χ1n) is 9.49. The molecule has 2 aliphatic heterocycles. The van der Waals surface area contributed by atoms with Crippen molar-refractivity contribution in [2.45, 2.75) is 43.8 Å². The number of pyridine rings is 1. The van der Waals surface area contributed by atoms with Crippen molar-refractivity contribution in [2.24, 2.45) is 0 Å². The summed E-state index contributed by atoms with van der Waals surface area (Å²) in [6.07, 6.45) is 8.82. The topological polar surface area (TPSA) is 71.0 Å². The third-order valence-electron chi connectivity index (χ3n) is 5.71. The van der Waals surface area contributed by atoms with E-state index in [-0.39, 0.29) is 11.9 Å². The minimum atomic E-state index is -0.134. The number of anilines is 1. The third-order valence-corrected chi connectivity index (χ3v) is 5.71. The molecule has 0 aliphatic carbocycles. The summed E-state index contributed by atoms with van der Waals surface area (Å²) < 4.78 is 0. The Bertz CT molecular complexity index is 962. The van der Waals surface area contributed by atoms with Crippen LogP contribution in [0.3, 0.4) is 0 Å². The Morgan fingerprint density at radius 3 is 2.63 bits per heavy atom. The van der Waals surface area contributed by atoms with Crippen LogP contribution in [-0.2, 0) is 0 Å². The number of nitrogens with zero attached hydrogens (tertiary/aromatic N) is 4. The molecule has 136 valence electrons. The highest BCUT2D eigenvalue weighted by molar-refractivity contribution is 5.92. The predicted molar refractivity (Wildman–Crippen MR) is 104 cm³/mol. The number of nitrogens with one attached hydrogen (secondary N) is 1. The van der Waals surface area contributed by atoms with Crippen LogP contribution in [0.4, 0.5) is 5.82 Å². The van der Waals surface area contributed by atoms with Crippen LogP contribution in [0.5, 0.6) is 0 Å². The highest BCUT2D eigenvalue weighted by atomic mass is 16.1. The zero-order valence-corrected chi connectivity index (χ0v) is 15.0. The van der Waals surface area contributed by atoms with E-state index in [9.17, 15) is 4.79 Å². The first-order chi connectivity index (χ1) is 13.3. The third kappa shape index (κ3) is 3.01. The molecule has 0 saturated carbocycles. The largest absolute Gasteiger partial charge is 0.350 e. The van der Waals surface area contributed by atoms with Gasteiger partial charge in [-0.15, -0.1) is 0 Å². The minimum Gasteiger partial charge on any atom is -0.350 e. The number of carbonyl (C=O) groups excluding carboxylic acids is 1. The number of rotatable bonds is 3. The average molecular weight is 359 g/mol. The normalized spacial score (nSPS) is 24.1. The van der Waals surface area contributed by atoms with Crippen molar-refractivity contribution in [2.75, 3.05) is 4.90 Å². The van der Waals surface area contributed by atoms with Gasteiger partial charge in [-0.2, -0.15) is 0 Å². The number of fused-ring (bicyclic) bond motifs is 3. The predicted octanol–water partition coefficient (Wildman–Crippen LogP) is 2.95. The molecule has 1 N–H and O–H groups in total. The second-order valence-corrected chi connectivity index (χ2v) is 7.39. The first-order valence-corrected chi connectivity index (χ1v) is 9.49. The van der Waals surface area contributed by atoms with Gasteiger partial charge in [-0.05, 0) is 43.9 Å². The molecule has 0 spiro atoms. The lowest BCUT2D eigenvalue weighted by Gasteiger charge is -2.40. The lowest BCUT2D eigenvalue weighted by Crippen LogP contribution is -2.50. The summed E-state index contributed by atoms with van der Waals surface area (Å²) in [7, 11) is 0. The number of aromatic nitrogens is 3. The van der Waals surface area contributed by atoms with Gasteiger partial charge in [0, 0.05) is 35.9 Å². The zero-order chi connectivity index (χ0) is 18.2. The number of hydrogen-bond donors (Lipinski definition) is 1. The molecule has 2 unspecified atom stereocenters. The molecule has 6 heteroatoms. The van der Waals surface area contributed by atoms with Crippen LogP contribution in [0.25, 0.3) is 10.9 Å². The van der Waals surface area contributed by atoms with Gasteiger partial charge >= 0.3 is 0 Å². The fraction of sp³-hybridized carbons (Fsp3) is 0.333. The van der Waals surface area contributed by atoms with Crippen LogP contribution < -0.4 is 10.2 Å². The summed E-state index contributed by atoms with van der Waals surface area (Å²) in [5, 5.41) is 4.32. The number of piperidine rings is 1. The van der Waals surface area contributed by atoms with E-state index in [1.165, 1.54) is 11.6 Å². The van der Waals surface area contributed by atoms with Crippen molar-refractivity contribution < 1.29 is 4.79 Å². The summed E-state index contributed by atoms with van der Waals surface area (Å²) >= 11 is 0. The van der Waals surface area contributed by atoms with Gasteiger partial charge < -0.3 is 10.2 Å². The molecule has 4 heterocycles. The molecule has 2 aromatic heterocycles. The zero-order valence-electron chi connectivity index (χ0n) is 15.0. The van der Waals surface area contributed by atoms with Crippen LogP contribution in [0.15, 0.2) is 55.0 Å². The molecule has 2 bridgehead atoms. The number of benzene rings is 1. The van der Waals surface area contributed by atoms with E-state index < -0.39 is 0 Å². The lowest BCUT2D eigenvalue weighted by atomic mass is 9.97. The van der Waals surface area contributed by atoms with Crippen molar-refractivity contribution in [1.29, 1.82) is 0 Å². The van der Waals surface area contributed by atoms with Crippen LogP contribution in [0.1, 0.15) is 36.2 Å². The molecule has 2 atom stereocenters. The van der Waals surface area contributed by atoms with Crippen LogP contribution in [-0.4, -0.2) is 39.0 Å². The molecule has 2 saturated heterocycles. The van der Waals surface area contributed by atoms with E-state index in [1.807, 2.05) is 12.1 Å². The van der Waals surface area contributed by atoms with E-state index in [0.29, 0.717) is 17.8 Å². The fourth-order valence-electron chi connectivity index (χ4n) is 4.54. The van der Waals surface area contributed by atoms with Crippen molar-refractivity contribution in [3.63, 3.8) is 0 Å². The molecular formula is C21H21N5O. The maximum absolute atomic E-state index is 12.4. The van der Waals surface area contributed by atoms with Crippen molar-refractivity contribution in [1.82, 2.24) is 20.3 Å². The summed E-state index contributed by atoms with van der Waals surface area (Å²) in [5.41, 5.74) is 1.41. The molecule has 3 aromatic rings. The maximum Gasteiger partial charge on any atom is 0.271 e. The average Bonchev–Trinajstić information content (AvgIpc) is 2.98. The van der Waals surface area contributed by atoms with Crippen LogP contribution >= 0.6 is 0 Å². The number of para-hydroxylation sites is 1. The van der Waals surface area contributed by atoms with Crippen molar-refractivity contribution in [3.05, 3.63) is 60.7 Å². The van der Waals surface area contributed by atoms with E-state index in [2.05, 4.69) is 44.5 Å². The number of carbonyl (C=O) groups is 1. The fourth-order valence-corrected chi connectivity index (χ4v) is 4.54. The molecule has 2 aliphatic rings. The van der Waals surface area contributed by atoms with Crippen molar-refractivity contribution >= 4 is 22.6 Å². The van der Waals surface area contributed by atoms with Gasteiger partial charge in [0.05, 0.1) is 11.7 Å². The first kappa shape index (κ1) is 16.2. The molecule has 1 amide bonds. The standard InChI is InChI=1S/C21H21N5O/c27-21(19-13-22-9-10-23-19)24-15-11-16-6-7-17(12-15)26(16)20-8-5-14-3-1-2-4-18(14)25-20/h1-5,8-10,13,15-17H,6-7,11-12H2,(H,24,27). The Kier molecular flexibility index (Phi) is 3.96. The van der Waals surface area contributed by atoms with Gasteiger partial charge in [-0.25, -0.2) is 9.97 Å². The SMILES string of the molecule is O=C(NC1CC2CCC(C1)N2c1ccc2ccccc2n1)c1cnccn1. The van der Waals surface area contributed by atoms with E-state index in [4.69, 9.17) is 4.98 Å². The van der Waals surface area contributed by atoms with Gasteiger partial charge in [-0.3, -0.25) is 9.78 Å². The Balaban J connectivity index is 1.33. The van der Waals surface area contributed by atoms with Crippen molar-refractivity contribution in [3.8, 4) is 0 Å². The lowest BCUT2D eigenvalue weighted by molar-refractivity contribution is 0.0921. The molecule has 1 aromatic carbocycles. The Hall–Kier alpha value is -3.02. The summed E-state index contributed by atoms with van der Waals surface area (Å²) in [5.74, 6) is 0.921. The summed E-state index contributed by atoms with van der Waals surface area (Å²) in [6.45, 7) is 0. The smallest absolute Gasteiger partial charge is 0.271 e. The monoisotopic (exact) mass is 359 g/mol. The van der Waals surface area contributed by atoms with Gasteiger partial charge in [0.1, 0.15) is 11.5 Å². The van der Waals surface area contributed by atoms with Gasteiger partial charge in [0.2, 0.25) is 0 Å². The van der Waals surface area contributed by atoms with Gasteiger partial charge in [0.25, 0.3) is 5.91 Å². The van der Waals surface area contributed by atoms with E-state index in [1.54, 1.807) is 12.4 Å². The summed E-state index contributed by atoms with van der Waals surface area (Å²) in [4.78, 5) is 27.8. The molecule has 2 fully saturated rings.